The number of rotatable bonds is 4. The predicted octanol–water partition coefficient (Wildman–Crippen LogP) is 0.293. The molecule has 14 heavy (non-hydrogen) atoms. The molecule has 80 valence electrons. The molecule has 8 heteroatoms. The summed E-state index contributed by atoms with van der Waals surface area (Å²) < 4.78 is 35.1. The van der Waals surface area contributed by atoms with Gasteiger partial charge in [0.05, 0.1) is 6.42 Å². The van der Waals surface area contributed by atoms with Gasteiger partial charge in [-0.05, 0) is 0 Å². The van der Waals surface area contributed by atoms with Gasteiger partial charge in [0.2, 0.25) is 0 Å². The van der Waals surface area contributed by atoms with Crippen molar-refractivity contribution in [2.24, 2.45) is 5.92 Å². The summed E-state index contributed by atoms with van der Waals surface area (Å²) in [5.74, 6) is -9.02. The van der Waals surface area contributed by atoms with Gasteiger partial charge >= 0.3 is 18.1 Å². The number of carboxylic acid groups (broad SMARTS) is 2. The number of Topliss-reactive ketones (excluding diaryl/α,β-unsaturated/α-hetero) is 1. The first-order valence-corrected chi connectivity index (χ1v) is 3.22. The number of alkyl halides is 3. The van der Waals surface area contributed by atoms with Crippen LogP contribution in [0.25, 0.3) is 0 Å². The van der Waals surface area contributed by atoms with Crippen molar-refractivity contribution in [1.82, 2.24) is 0 Å². The molecule has 0 rings (SSSR count). The second-order valence-corrected chi connectivity index (χ2v) is 2.35. The Morgan fingerprint density at radius 2 is 1.57 bits per heavy atom. The minimum absolute atomic E-state index is 1.38. The zero-order valence-electron chi connectivity index (χ0n) is 6.54. The average molecular weight is 214 g/mol. The predicted molar refractivity (Wildman–Crippen MR) is 34.4 cm³/mol. The molecule has 0 aliphatic rings. The number of halogens is 3. The number of hydrogen-bond acceptors (Lipinski definition) is 3. The van der Waals surface area contributed by atoms with E-state index in [2.05, 4.69) is 0 Å². The largest absolute Gasteiger partial charge is 0.481 e. The van der Waals surface area contributed by atoms with Gasteiger partial charge in [-0.2, -0.15) is 13.2 Å². The summed E-state index contributed by atoms with van der Waals surface area (Å²) in [6.07, 6.45) is -6.72. The summed E-state index contributed by atoms with van der Waals surface area (Å²) in [4.78, 5) is 30.5. The molecule has 0 radical (unpaired) electrons. The van der Waals surface area contributed by atoms with E-state index in [1.54, 1.807) is 0 Å². The molecule has 0 fully saturated rings. The summed E-state index contributed by atoms with van der Waals surface area (Å²) in [7, 11) is 0. The highest BCUT2D eigenvalue weighted by Crippen LogP contribution is 2.22. The Morgan fingerprint density at radius 3 is 1.79 bits per heavy atom. The van der Waals surface area contributed by atoms with Crippen molar-refractivity contribution in [1.29, 1.82) is 0 Å². The Kier molecular flexibility index (Phi) is 3.61. The fraction of sp³-hybridized carbons (Fsp3) is 0.500. The maximum absolute atomic E-state index is 11.7. The highest BCUT2D eigenvalue weighted by Gasteiger charge is 2.47. The van der Waals surface area contributed by atoms with E-state index in [4.69, 9.17) is 10.2 Å². The summed E-state index contributed by atoms with van der Waals surface area (Å²) in [5.41, 5.74) is 0. The molecule has 0 aromatic heterocycles. The Labute approximate surface area is 75.1 Å². The maximum Gasteiger partial charge on any atom is 0.450 e. The highest BCUT2D eigenvalue weighted by atomic mass is 19.4. The first kappa shape index (κ1) is 12.4. The van der Waals surface area contributed by atoms with Crippen molar-refractivity contribution in [3.8, 4) is 0 Å². The Bertz CT molecular complexity index is 269. The third-order valence-electron chi connectivity index (χ3n) is 1.27. The van der Waals surface area contributed by atoms with Gasteiger partial charge in [0, 0.05) is 0 Å². The number of carboxylic acids is 2. The molecule has 0 saturated heterocycles. The van der Waals surface area contributed by atoms with Gasteiger partial charge in [0.15, 0.2) is 0 Å². The molecule has 0 amide bonds. The van der Waals surface area contributed by atoms with Crippen LogP contribution < -0.4 is 0 Å². The minimum Gasteiger partial charge on any atom is -0.481 e. The van der Waals surface area contributed by atoms with Crippen LogP contribution in [0.5, 0.6) is 0 Å². The van der Waals surface area contributed by atoms with E-state index >= 15 is 0 Å². The molecule has 0 spiro atoms. The maximum atomic E-state index is 11.7. The van der Waals surface area contributed by atoms with E-state index in [9.17, 15) is 27.6 Å². The summed E-state index contributed by atoms with van der Waals surface area (Å²) >= 11 is 0. The van der Waals surface area contributed by atoms with Crippen molar-refractivity contribution in [2.75, 3.05) is 0 Å². The van der Waals surface area contributed by atoms with Crippen molar-refractivity contribution in [3.63, 3.8) is 0 Å². The van der Waals surface area contributed by atoms with E-state index in [-0.39, 0.29) is 0 Å². The first-order valence-electron chi connectivity index (χ1n) is 3.22. The molecule has 2 N–H and O–H groups in total. The number of ketones is 1. The second-order valence-electron chi connectivity index (χ2n) is 2.35. The molecule has 1 unspecified atom stereocenters. The number of aliphatic carboxylic acids is 2. The monoisotopic (exact) mass is 214 g/mol. The molecule has 0 saturated carbocycles. The van der Waals surface area contributed by atoms with Crippen molar-refractivity contribution in [3.05, 3.63) is 0 Å². The van der Waals surface area contributed by atoms with Crippen LogP contribution in [0.3, 0.4) is 0 Å². The van der Waals surface area contributed by atoms with Gasteiger partial charge in [0.1, 0.15) is 5.92 Å². The molecule has 0 aliphatic carbocycles. The molecule has 0 aromatic rings. The van der Waals surface area contributed by atoms with E-state index < -0.39 is 36.2 Å². The smallest absolute Gasteiger partial charge is 0.450 e. The van der Waals surface area contributed by atoms with Crippen LogP contribution in [0.4, 0.5) is 13.2 Å². The van der Waals surface area contributed by atoms with Crippen LogP contribution in [-0.2, 0) is 14.4 Å². The van der Waals surface area contributed by atoms with E-state index in [0.29, 0.717) is 0 Å². The quantitative estimate of drug-likeness (QED) is 0.656. The lowest BCUT2D eigenvalue weighted by atomic mass is 10.0. The van der Waals surface area contributed by atoms with Crippen LogP contribution in [0.1, 0.15) is 6.42 Å². The highest BCUT2D eigenvalue weighted by molar-refractivity contribution is 6.03. The van der Waals surface area contributed by atoms with Gasteiger partial charge in [-0.25, -0.2) is 0 Å². The fourth-order valence-electron chi connectivity index (χ4n) is 0.664. The Hall–Kier alpha value is -1.60. The fourth-order valence-corrected chi connectivity index (χ4v) is 0.664. The molecule has 0 heterocycles. The zero-order chi connectivity index (χ0) is 11.5. The lowest BCUT2D eigenvalue weighted by Crippen LogP contribution is -2.36. The molecular formula is C6H5F3O5. The van der Waals surface area contributed by atoms with Crippen molar-refractivity contribution >= 4 is 17.7 Å². The molecule has 0 aromatic carbocycles. The molecule has 0 aliphatic heterocycles. The Balaban J connectivity index is 4.76. The lowest BCUT2D eigenvalue weighted by Gasteiger charge is -2.10. The van der Waals surface area contributed by atoms with Gasteiger partial charge in [-0.1, -0.05) is 0 Å². The van der Waals surface area contributed by atoms with Gasteiger partial charge in [-0.3, -0.25) is 14.4 Å². The molecule has 1 atom stereocenters. The van der Waals surface area contributed by atoms with Gasteiger partial charge in [-0.15, -0.1) is 0 Å². The van der Waals surface area contributed by atoms with E-state index in [0.717, 1.165) is 0 Å². The molecule has 0 bridgehead atoms. The van der Waals surface area contributed by atoms with Gasteiger partial charge in [0.25, 0.3) is 5.78 Å². The number of hydrogen-bond donors (Lipinski definition) is 2. The summed E-state index contributed by atoms with van der Waals surface area (Å²) in [5, 5.41) is 16.2. The summed E-state index contributed by atoms with van der Waals surface area (Å²) in [6, 6.07) is 0. The van der Waals surface area contributed by atoms with E-state index in [1.807, 2.05) is 0 Å². The third-order valence-corrected chi connectivity index (χ3v) is 1.27. The SMILES string of the molecule is O=C(O)CC(C(=O)O)C(=O)C(F)(F)F. The second kappa shape index (κ2) is 4.07. The van der Waals surface area contributed by atoms with Crippen LogP contribution in [0.15, 0.2) is 0 Å². The van der Waals surface area contributed by atoms with Crippen LogP contribution in [-0.4, -0.2) is 34.1 Å². The topological polar surface area (TPSA) is 91.7 Å². The van der Waals surface area contributed by atoms with Crippen LogP contribution in [0.2, 0.25) is 0 Å². The van der Waals surface area contributed by atoms with Crippen molar-refractivity contribution < 1.29 is 37.8 Å². The summed E-state index contributed by atoms with van der Waals surface area (Å²) in [6.45, 7) is 0. The minimum atomic E-state index is -5.33. The zero-order valence-corrected chi connectivity index (χ0v) is 6.54. The van der Waals surface area contributed by atoms with Crippen LogP contribution in [0, 0.1) is 5.92 Å². The number of carbonyl (C=O) groups is 3. The van der Waals surface area contributed by atoms with Crippen molar-refractivity contribution in [2.45, 2.75) is 12.6 Å². The average Bonchev–Trinajstić information content (AvgIpc) is 1.96. The van der Waals surface area contributed by atoms with Crippen LogP contribution >= 0.6 is 0 Å². The Morgan fingerprint density at radius 1 is 1.14 bits per heavy atom. The third kappa shape index (κ3) is 3.42. The lowest BCUT2D eigenvalue weighted by molar-refractivity contribution is -0.181. The number of carbonyl (C=O) groups excluding carboxylic acids is 1. The van der Waals surface area contributed by atoms with Gasteiger partial charge < -0.3 is 10.2 Å². The molecule has 5 nitrogen and oxygen atoms in total. The normalized spacial score (nSPS) is 13.4. The van der Waals surface area contributed by atoms with E-state index in [1.165, 1.54) is 0 Å². The standard InChI is InChI=1S/C6H5F3O5/c7-6(8,9)4(12)2(5(13)14)1-3(10)11/h2H,1H2,(H,10,11)(H,13,14). The first-order chi connectivity index (χ1) is 6.16. The molecular weight excluding hydrogens is 209 g/mol.